The van der Waals surface area contributed by atoms with Crippen molar-refractivity contribution in [2.45, 2.75) is 37.5 Å². The first kappa shape index (κ1) is 15.5. The Morgan fingerprint density at radius 1 is 1.68 bits per heavy atom. The number of imidazole rings is 1. The van der Waals surface area contributed by atoms with Gasteiger partial charge >= 0.3 is 0 Å². The monoisotopic (exact) mass is 308 g/mol. The number of H-pyrrole nitrogens is 1. The maximum Gasteiger partial charge on any atom is 0.245 e. The first-order valence-corrected chi connectivity index (χ1v) is 7.85. The average molecular weight is 308 g/mol. The summed E-state index contributed by atoms with van der Waals surface area (Å²) >= 11 is 0. The van der Waals surface area contributed by atoms with Gasteiger partial charge in [-0.3, -0.25) is 9.69 Å². The highest BCUT2D eigenvalue weighted by atomic mass is 16.6. The maximum atomic E-state index is 11.3. The van der Waals surface area contributed by atoms with Gasteiger partial charge in [-0.1, -0.05) is 0 Å². The highest BCUT2D eigenvalue weighted by molar-refractivity contribution is 5.76. The molecule has 7 nitrogen and oxygen atoms in total. The molecule has 0 radical (unpaired) electrons. The third-order valence-electron chi connectivity index (χ3n) is 4.47. The van der Waals surface area contributed by atoms with Crippen LogP contribution in [0.1, 0.15) is 25.0 Å². The number of rotatable bonds is 5. The number of likely N-dealkylation sites (tertiary alicyclic amines) is 1. The van der Waals surface area contributed by atoms with E-state index in [-0.39, 0.29) is 24.2 Å². The molecular formula is C15H24N4O3. The van der Waals surface area contributed by atoms with Gasteiger partial charge < -0.3 is 19.8 Å². The highest BCUT2D eigenvalue weighted by Gasteiger charge is 2.43. The van der Waals surface area contributed by atoms with Crippen LogP contribution in [0.2, 0.25) is 0 Å². The third-order valence-corrected chi connectivity index (χ3v) is 4.47. The van der Waals surface area contributed by atoms with E-state index in [9.17, 15) is 4.79 Å². The summed E-state index contributed by atoms with van der Waals surface area (Å²) < 4.78 is 11.7. The lowest BCUT2D eigenvalue weighted by Crippen LogP contribution is -2.47. The van der Waals surface area contributed by atoms with E-state index in [0.717, 1.165) is 44.6 Å². The molecule has 0 bridgehead atoms. The smallest absolute Gasteiger partial charge is 0.245 e. The molecule has 3 rings (SSSR count). The lowest BCUT2D eigenvalue weighted by Gasteiger charge is -2.39. The van der Waals surface area contributed by atoms with Crippen molar-refractivity contribution in [3.05, 3.63) is 18.2 Å². The molecule has 2 saturated heterocycles. The zero-order valence-corrected chi connectivity index (χ0v) is 13.0. The second kappa shape index (κ2) is 6.76. The van der Waals surface area contributed by atoms with Crippen LogP contribution in [0.4, 0.5) is 0 Å². The van der Waals surface area contributed by atoms with Crippen LogP contribution in [0.3, 0.4) is 0 Å². The highest BCUT2D eigenvalue weighted by Crippen LogP contribution is 2.36. The zero-order valence-electron chi connectivity index (χ0n) is 13.0. The van der Waals surface area contributed by atoms with E-state index in [1.165, 1.54) is 0 Å². The van der Waals surface area contributed by atoms with E-state index in [2.05, 4.69) is 20.2 Å². The molecule has 2 aliphatic heterocycles. The number of ether oxygens (including phenoxy) is 2. The second-order valence-corrected chi connectivity index (χ2v) is 6.20. The lowest BCUT2D eigenvalue weighted by atomic mass is 9.89. The van der Waals surface area contributed by atoms with Gasteiger partial charge in [0.25, 0.3) is 0 Å². The predicted molar refractivity (Wildman–Crippen MR) is 80.2 cm³/mol. The summed E-state index contributed by atoms with van der Waals surface area (Å²) in [6.45, 7) is 3.54. The van der Waals surface area contributed by atoms with Crippen molar-refractivity contribution in [3.63, 3.8) is 0 Å². The number of nitrogens with one attached hydrogen (secondary N) is 2. The predicted octanol–water partition coefficient (Wildman–Crippen LogP) is 0.296. The standard InChI is InChI=1S/C15H24N4O3/c1-16-14(20)9-21-13-5-15(22-8-13)3-2-4-19(10-15)7-12-6-17-11-18-12/h6,11,13H,2-5,7-10H2,1H3,(H,16,20)(H,17,18)/t13-,15+/m0/s1. The molecule has 2 fully saturated rings. The van der Waals surface area contributed by atoms with Crippen LogP contribution >= 0.6 is 0 Å². The van der Waals surface area contributed by atoms with Crippen molar-refractivity contribution in [1.82, 2.24) is 20.2 Å². The topological polar surface area (TPSA) is 79.5 Å². The fourth-order valence-electron chi connectivity index (χ4n) is 3.40. The maximum absolute atomic E-state index is 11.3. The molecule has 0 aromatic carbocycles. The Bertz CT molecular complexity index is 493. The van der Waals surface area contributed by atoms with Crippen molar-refractivity contribution < 1.29 is 14.3 Å². The number of aromatic amines is 1. The Hall–Kier alpha value is -1.44. The van der Waals surface area contributed by atoms with Gasteiger partial charge in [-0.15, -0.1) is 0 Å². The van der Waals surface area contributed by atoms with E-state index < -0.39 is 0 Å². The minimum absolute atomic E-state index is 0.0180. The SMILES string of the molecule is CNC(=O)CO[C@@H]1CO[C@]2(CCCN(Cc3cnc[nH]3)C2)C1. The first-order valence-electron chi connectivity index (χ1n) is 7.85. The van der Waals surface area contributed by atoms with Gasteiger partial charge in [-0.2, -0.15) is 0 Å². The second-order valence-electron chi connectivity index (χ2n) is 6.20. The molecule has 3 heterocycles. The fraction of sp³-hybridized carbons (Fsp3) is 0.733. The van der Waals surface area contributed by atoms with Crippen LogP contribution in [0.15, 0.2) is 12.5 Å². The summed E-state index contributed by atoms with van der Waals surface area (Å²) in [7, 11) is 1.62. The molecule has 1 spiro atoms. The van der Waals surface area contributed by atoms with E-state index in [0.29, 0.717) is 6.61 Å². The Morgan fingerprint density at radius 2 is 2.59 bits per heavy atom. The molecular weight excluding hydrogens is 284 g/mol. The molecule has 1 aromatic heterocycles. The Morgan fingerprint density at radius 3 is 3.36 bits per heavy atom. The van der Waals surface area contributed by atoms with Crippen molar-refractivity contribution in [1.29, 1.82) is 0 Å². The van der Waals surface area contributed by atoms with Gasteiger partial charge in [0, 0.05) is 38.4 Å². The average Bonchev–Trinajstić information content (AvgIpc) is 3.15. The minimum atomic E-state index is -0.119. The summed E-state index contributed by atoms with van der Waals surface area (Å²) in [4.78, 5) is 20.9. The number of carbonyl (C=O) groups excluding carboxylic acids is 1. The summed E-state index contributed by atoms with van der Waals surface area (Å²) in [6.07, 6.45) is 6.64. The van der Waals surface area contributed by atoms with Crippen molar-refractivity contribution in [2.75, 3.05) is 33.4 Å². The van der Waals surface area contributed by atoms with Gasteiger partial charge in [0.2, 0.25) is 5.91 Å². The summed E-state index contributed by atoms with van der Waals surface area (Å²) in [5.74, 6) is -0.0922. The normalized spacial score (nSPS) is 29.0. The van der Waals surface area contributed by atoms with Crippen LogP contribution in [-0.4, -0.2) is 65.8 Å². The van der Waals surface area contributed by atoms with E-state index >= 15 is 0 Å². The number of carbonyl (C=O) groups is 1. The van der Waals surface area contributed by atoms with Crippen molar-refractivity contribution >= 4 is 5.91 Å². The van der Waals surface area contributed by atoms with Gasteiger partial charge in [0.15, 0.2) is 0 Å². The molecule has 2 N–H and O–H groups in total. The van der Waals surface area contributed by atoms with Crippen LogP contribution < -0.4 is 5.32 Å². The molecule has 1 aromatic rings. The molecule has 0 saturated carbocycles. The van der Waals surface area contributed by atoms with E-state index in [4.69, 9.17) is 9.47 Å². The minimum Gasteiger partial charge on any atom is -0.371 e. The van der Waals surface area contributed by atoms with E-state index in [1.807, 2.05) is 6.20 Å². The van der Waals surface area contributed by atoms with Crippen LogP contribution in [-0.2, 0) is 20.8 Å². The van der Waals surface area contributed by atoms with Gasteiger partial charge in [-0.05, 0) is 19.4 Å². The Balaban J connectivity index is 1.51. The van der Waals surface area contributed by atoms with Gasteiger partial charge in [-0.25, -0.2) is 4.98 Å². The molecule has 1 amide bonds. The largest absolute Gasteiger partial charge is 0.371 e. The molecule has 0 aliphatic carbocycles. The number of hydrogen-bond donors (Lipinski definition) is 2. The number of piperidine rings is 1. The third kappa shape index (κ3) is 3.66. The number of amides is 1. The van der Waals surface area contributed by atoms with Crippen molar-refractivity contribution in [2.24, 2.45) is 0 Å². The Labute approximate surface area is 130 Å². The molecule has 0 unspecified atom stereocenters. The zero-order chi connectivity index (χ0) is 15.4. The fourth-order valence-corrected chi connectivity index (χ4v) is 3.40. The summed E-state index contributed by atoms with van der Waals surface area (Å²) in [5.41, 5.74) is 1.01. The number of aromatic nitrogens is 2. The van der Waals surface area contributed by atoms with Crippen molar-refractivity contribution in [3.8, 4) is 0 Å². The molecule has 2 aliphatic rings. The lowest BCUT2D eigenvalue weighted by molar-refractivity contribution is -0.127. The van der Waals surface area contributed by atoms with Gasteiger partial charge in [0.1, 0.15) is 6.61 Å². The molecule has 7 heteroatoms. The molecule has 122 valence electrons. The molecule has 22 heavy (non-hydrogen) atoms. The Kier molecular flexibility index (Phi) is 4.75. The number of hydrogen-bond acceptors (Lipinski definition) is 5. The van der Waals surface area contributed by atoms with Crippen LogP contribution in [0, 0.1) is 0 Å². The summed E-state index contributed by atoms with van der Waals surface area (Å²) in [6, 6.07) is 0. The summed E-state index contributed by atoms with van der Waals surface area (Å²) in [5, 5.41) is 2.57. The first-order chi connectivity index (χ1) is 10.7. The van der Waals surface area contributed by atoms with E-state index in [1.54, 1.807) is 13.4 Å². The van der Waals surface area contributed by atoms with Crippen LogP contribution in [0.5, 0.6) is 0 Å². The quantitative estimate of drug-likeness (QED) is 0.818. The molecule has 2 atom stereocenters. The number of likely N-dealkylation sites (N-methyl/N-ethyl adjacent to an activating group) is 1. The number of nitrogens with zero attached hydrogens (tertiary/aromatic N) is 2. The van der Waals surface area contributed by atoms with Crippen LogP contribution in [0.25, 0.3) is 0 Å². The van der Waals surface area contributed by atoms with Gasteiger partial charge in [0.05, 0.1) is 24.6 Å².